The molecule has 2 aromatic heterocycles. The number of halogens is 1. The third-order valence-electron chi connectivity index (χ3n) is 3.37. The van der Waals surface area contributed by atoms with Crippen LogP contribution in [0.3, 0.4) is 0 Å². The summed E-state index contributed by atoms with van der Waals surface area (Å²) in [5.74, 6) is 0.532. The first-order valence-corrected chi connectivity index (χ1v) is 6.59. The van der Waals surface area contributed by atoms with Crippen LogP contribution in [0.2, 0.25) is 5.02 Å². The van der Waals surface area contributed by atoms with Gasteiger partial charge in [0, 0.05) is 19.3 Å². The van der Waals surface area contributed by atoms with E-state index in [1.807, 2.05) is 29.9 Å². The molecule has 0 bridgehead atoms. The van der Waals surface area contributed by atoms with Crippen molar-refractivity contribution in [1.82, 2.24) is 14.9 Å². The molecule has 96 valence electrons. The lowest BCUT2D eigenvalue weighted by molar-refractivity contribution is 0.268. The summed E-state index contributed by atoms with van der Waals surface area (Å²) in [6.07, 6.45) is 4.34. The van der Waals surface area contributed by atoms with Crippen molar-refractivity contribution in [3.8, 4) is 5.88 Å². The number of hydrogen-bond donors (Lipinski definition) is 1. The van der Waals surface area contributed by atoms with Crippen molar-refractivity contribution in [2.45, 2.75) is 18.9 Å². The lowest BCUT2D eigenvalue weighted by atomic mass is 10.2. The SMILES string of the molecule is Cn1ccc2nc(OC[C@H]3CCCN3)c(Cl)cc21. The van der Waals surface area contributed by atoms with Crippen LogP contribution in [-0.2, 0) is 7.05 Å². The van der Waals surface area contributed by atoms with Crippen molar-refractivity contribution in [3.63, 3.8) is 0 Å². The number of nitrogens with one attached hydrogen (secondary N) is 1. The molecule has 2 aromatic rings. The molecule has 3 heterocycles. The molecule has 1 aliphatic rings. The maximum absolute atomic E-state index is 6.20. The van der Waals surface area contributed by atoms with Gasteiger partial charge in [-0.2, -0.15) is 0 Å². The van der Waals surface area contributed by atoms with Crippen LogP contribution < -0.4 is 10.1 Å². The zero-order chi connectivity index (χ0) is 12.5. The molecule has 0 spiro atoms. The Bertz CT molecular complexity index is 561. The van der Waals surface area contributed by atoms with E-state index >= 15 is 0 Å². The maximum atomic E-state index is 6.20. The highest BCUT2D eigenvalue weighted by Gasteiger charge is 2.16. The van der Waals surface area contributed by atoms with Crippen molar-refractivity contribution < 1.29 is 4.74 Å². The van der Waals surface area contributed by atoms with Gasteiger partial charge in [0.1, 0.15) is 11.6 Å². The van der Waals surface area contributed by atoms with Gasteiger partial charge in [-0.25, -0.2) is 4.98 Å². The van der Waals surface area contributed by atoms with Crippen molar-refractivity contribution >= 4 is 22.6 Å². The monoisotopic (exact) mass is 265 g/mol. The summed E-state index contributed by atoms with van der Waals surface area (Å²) in [5, 5.41) is 3.96. The molecule has 5 heteroatoms. The Kier molecular flexibility index (Phi) is 3.14. The van der Waals surface area contributed by atoms with E-state index in [1.54, 1.807) is 0 Å². The molecule has 1 N–H and O–H groups in total. The number of pyridine rings is 1. The average Bonchev–Trinajstić information content (AvgIpc) is 2.98. The van der Waals surface area contributed by atoms with Crippen molar-refractivity contribution in [3.05, 3.63) is 23.4 Å². The summed E-state index contributed by atoms with van der Waals surface area (Å²) in [6.45, 7) is 1.71. The number of aryl methyl sites for hydroxylation is 1. The van der Waals surface area contributed by atoms with Crippen LogP contribution >= 0.6 is 11.6 Å². The third-order valence-corrected chi connectivity index (χ3v) is 3.64. The first kappa shape index (κ1) is 11.8. The highest BCUT2D eigenvalue weighted by atomic mass is 35.5. The predicted octanol–water partition coefficient (Wildman–Crippen LogP) is 2.36. The summed E-state index contributed by atoms with van der Waals surface area (Å²) in [7, 11) is 1.98. The topological polar surface area (TPSA) is 39.1 Å². The molecule has 1 fully saturated rings. The minimum Gasteiger partial charge on any atom is -0.475 e. The van der Waals surface area contributed by atoms with E-state index in [0.717, 1.165) is 24.0 Å². The number of hydrogen-bond acceptors (Lipinski definition) is 3. The second-order valence-corrected chi connectivity index (χ2v) is 5.12. The summed E-state index contributed by atoms with van der Waals surface area (Å²) in [4.78, 5) is 4.45. The number of aromatic nitrogens is 2. The van der Waals surface area contributed by atoms with Gasteiger partial charge in [-0.1, -0.05) is 11.6 Å². The van der Waals surface area contributed by atoms with Gasteiger partial charge >= 0.3 is 0 Å². The fraction of sp³-hybridized carbons (Fsp3) is 0.462. The normalized spacial score (nSPS) is 19.6. The van der Waals surface area contributed by atoms with Gasteiger partial charge in [0.25, 0.3) is 0 Å². The van der Waals surface area contributed by atoms with E-state index in [0.29, 0.717) is 23.6 Å². The fourth-order valence-corrected chi connectivity index (χ4v) is 2.52. The van der Waals surface area contributed by atoms with Crippen molar-refractivity contribution in [1.29, 1.82) is 0 Å². The largest absolute Gasteiger partial charge is 0.475 e. The van der Waals surface area contributed by atoms with Crippen LogP contribution in [0.15, 0.2) is 18.3 Å². The van der Waals surface area contributed by atoms with E-state index in [9.17, 15) is 0 Å². The van der Waals surface area contributed by atoms with Crippen molar-refractivity contribution in [2.75, 3.05) is 13.2 Å². The average molecular weight is 266 g/mol. The van der Waals surface area contributed by atoms with Gasteiger partial charge in [0.15, 0.2) is 0 Å². The maximum Gasteiger partial charge on any atom is 0.233 e. The molecular formula is C13H16ClN3O. The molecule has 18 heavy (non-hydrogen) atoms. The summed E-state index contributed by atoms with van der Waals surface area (Å²) in [5.41, 5.74) is 1.93. The van der Waals surface area contributed by atoms with Gasteiger partial charge in [-0.3, -0.25) is 0 Å². The Morgan fingerprint density at radius 1 is 1.61 bits per heavy atom. The molecule has 0 radical (unpaired) electrons. The lowest BCUT2D eigenvalue weighted by Gasteiger charge is -2.12. The van der Waals surface area contributed by atoms with Crippen LogP contribution in [0.1, 0.15) is 12.8 Å². The molecular weight excluding hydrogens is 250 g/mol. The van der Waals surface area contributed by atoms with Gasteiger partial charge in [-0.15, -0.1) is 0 Å². The van der Waals surface area contributed by atoms with E-state index in [-0.39, 0.29) is 0 Å². The molecule has 0 amide bonds. The van der Waals surface area contributed by atoms with E-state index < -0.39 is 0 Å². The van der Waals surface area contributed by atoms with Crippen LogP contribution in [0.25, 0.3) is 11.0 Å². The van der Waals surface area contributed by atoms with E-state index in [4.69, 9.17) is 16.3 Å². The number of rotatable bonds is 3. The molecule has 0 aliphatic carbocycles. The van der Waals surface area contributed by atoms with Crippen molar-refractivity contribution in [2.24, 2.45) is 7.05 Å². The van der Waals surface area contributed by atoms with Crippen LogP contribution in [-0.4, -0.2) is 28.7 Å². The van der Waals surface area contributed by atoms with Gasteiger partial charge < -0.3 is 14.6 Å². The Labute approximate surface area is 111 Å². The Morgan fingerprint density at radius 3 is 3.28 bits per heavy atom. The van der Waals surface area contributed by atoms with Crippen LogP contribution in [0.5, 0.6) is 5.88 Å². The predicted molar refractivity (Wildman–Crippen MR) is 72.2 cm³/mol. The Morgan fingerprint density at radius 2 is 2.50 bits per heavy atom. The Hall–Kier alpha value is -1.26. The molecule has 1 aliphatic heterocycles. The first-order valence-electron chi connectivity index (χ1n) is 6.22. The summed E-state index contributed by atoms with van der Waals surface area (Å²) >= 11 is 6.20. The smallest absolute Gasteiger partial charge is 0.233 e. The quantitative estimate of drug-likeness (QED) is 0.926. The van der Waals surface area contributed by atoms with Gasteiger partial charge in [0.05, 0.1) is 11.0 Å². The molecule has 1 saturated heterocycles. The Balaban J connectivity index is 1.80. The number of fused-ring (bicyclic) bond motifs is 1. The summed E-state index contributed by atoms with van der Waals surface area (Å²) < 4.78 is 7.72. The lowest BCUT2D eigenvalue weighted by Crippen LogP contribution is -2.28. The van der Waals surface area contributed by atoms with Crippen LogP contribution in [0.4, 0.5) is 0 Å². The third kappa shape index (κ3) is 2.18. The second kappa shape index (κ2) is 4.78. The minimum atomic E-state index is 0.425. The van der Waals surface area contributed by atoms with Crippen LogP contribution in [0, 0.1) is 0 Å². The first-order chi connectivity index (χ1) is 8.74. The number of ether oxygens (including phenoxy) is 1. The molecule has 4 nitrogen and oxygen atoms in total. The fourth-order valence-electron chi connectivity index (χ4n) is 2.32. The summed E-state index contributed by atoms with van der Waals surface area (Å²) in [6, 6.07) is 4.29. The standard InChI is InChI=1S/C13H16ClN3O/c1-17-6-4-11-12(17)7-10(14)13(16-11)18-8-9-3-2-5-15-9/h4,6-7,9,15H,2-3,5,8H2,1H3/t9-/m1/s1. The molecule has 3 rings (SSSR count). The van der Waals surface area contributed by atoms with Gasteiger partial charge in [0.2, 0.25) is 5.88 Å². The highest BCUT2D eigenvalue weighted by molar-refractivity contribution is 6.32. The molecule has 0 saturated carbocycles. The zero-order valence-corrected chi connectivity index (χ0v) is 11.1. The molecule has 0 unspecified atom stereocenters. The highest BCUT2D eigenvalue weighted by Crippen LogP contribution is 2.27. The van der Waals surface area contributed by atoms with E-state index in [2.05, 4.69) is 10.3 Å². The number of nitrogens with zero attached hydrogens (tertiary/aromatic N) is 2. The molecule has 1 atom stereocenters. The minimum absolute atomic E-state index is 0.425. The van der Waals surface area contributed by atoms with Gasteiger partial charge in [-0.05, 0) is 31.5 Å². The van der Waals surface area contributed by atoms with E-state index in [1.165, 1.54) is 6.42 Å². The molecule has 0 aromatic carbocycles. The second-order valence-electron chi connectivity index (χ2n) is 4.71. The zero-order valence-electron chi connectivity index (χ0n) is 10.3.